The highest BCUT2D eigenvalue weighted by Crippen LogP contribution is 2.27. The van der Waals surface area contributed by atoms with Crippen molar-refractivity contribution in [1.29, 1.82) is 0 Å². The van der Waals surface area contributed by atoms with E-state index in [-0.39, 0.29) is 18.6 Å². The second-order valence-corrected chi connectivity index (χ2v) is 6.94. The number of hydrogen-bond donors (Lipinski definition) is 1. The summed E-state index contributed by atoms with van der Waals surface area (Å²) in [6.07, 6.45) is 0.0291. The molecule has 6 nitrogen and oxygen atoms in total. The molecule has 138 valence electrons. The zero-order valence-corrected chi connectivity index (χ0v) is 15.7. The van der Waals surface area contributed by atoms with Crippen LogP contribution in [-0.4, -0.2) is 52.3 Å². The second kappa shape index (κ2) is 7.13. The number of carboxylic acids is 1. The van der Waals surface area contributed by atoms with E-state index in [1.165, 1.54) is 12.0 Å². The predicted molar refractivity (Wildman–Crippen MR) is 98.1 cm³/mol. The fraction of sp³-hybridized carbons (Fsp3) is 0.368. The van der Waals surface area contributed by atoms with Crippen LogP contribution in [0.2, 0.25) is 5.02 Å². The van der Waals surface area contributed by atoms with Gasteiger partial charge in [0.2, 0.25) is 0 Å². The maximum atomic E-state index is 13.1. The lowest BCUT2D eigenvalue weighted by atomic mass is 10.1. The first kappa shape index (κ1) is 18.5. The van der Waals surface area contributed by atoms with Crippen molar-refractivity contribution in [2.45, 2.75) is 32.4 Å². The molecule has 0 bridgehead atoms. The number of amides is 1. The van der Waals surface area contributed by atoms with Gasteiger partial charge >= 0.3 is 5.97 Å². The monoisotopic (exact) mass is 376 g/mol. The average molecular weight is 377 g/mol. The van der Waals surface area contributed by atoms with Gasteiger partial charge in [0.15, 0.2) is 0 Å². The lowest BCUT2D eigenvalue weighted by Crippen LogP contribution is -2.40. The molecular weight excluding hydrogens is 356 g/mol. The molecule has 3 rings (SSSR count). The van der Waals surface area contributed by atoms with Crippen LogP contribution in [-0.2, 0) is 9.53 Å². The highest BCUT2D eigenvalue weighted by molar-refractivity contribution is 6.30. The van der Waals surface area contributed by atoms with Crippen LogP contribution in [0.5, 0.6) is 0 Å². The topological polar surface area (TPSA) is 71.8 Å². The fourth-order valence-electron chi connectivity index (χ4n) is 3.57. The van der Waals surface area contributed by atoms with E-state index in [9.17, 15) is 14.7 Å². The Morgan fingerprint density at radius 3 is 2.62 bits per heavy atom. The highest BCUT2D eigenvalue weighted by atomic mass is 35.5. The first-order valence-electron chi connectivity index (χ1n) is 8.35. The van der Waals surface area contributed by atoms with Gasteiger partial charge in [0.05, 0.1) is 11.7 Å². The molecule has 1 amide bonds. The van der Waals surface area contributed by atoms with E-state index in [2.05, 4.69) is 0 Å². The van der Waals surface area contributed by atoms with E-state index in [1.807, 2.05) is 36.6 Å². The predicted octanol–water partition coefficient (Wildman–Crippen LogP) is 3.06. The molecule has 26 heavy (non-hydrogen) atoms. The molecule has 2 unspecified atom stereocenters. The van der Waals surface area contributed by atoms with Crippen LogP contribution in [0.25, 0.3) is 5.69 Å². The van der Waals surface area contributed by atoms with E-state index in [4.69, 9.17) is 16.3 Å². The number of hydrogen-bond acceptors (Lipinski definition) is 3. The molecule has 1 aromatic carbocycles. The summed E-state index contributed by atoms with van der Waals surface area (Å²) in [7, 11) is 1.53. The molecule has 1 N–H and O–H groups in total. The summed E-state index contributed by atoms with van der Waals surface area (Å²) in [5.74, 6) is -1.31. The molecule has 1 aromatic heterocycles. The maximum Gasteiger partial charge on any atom is 0.326 e. The number of benzene rings is 1. The minimum Gasteiger partial charge on any atom is -0.480 e. The van der Waals surface area contributed by atoms with Gasteiger partial charge in [0.25, 0.3) is 5.91 Å². The Kier molecular flexibility index (Phi) is 5.07. The molecule has 7 heteroatoms. The summed E-state index contributed by atoms with van der Waals surface area (Å²) in [5.41, 5.74) is 2.98. The summed E-state index contributed by atoms with van der Waals surface area (Å²) < 4.78 is 7.22. The van der Waals surface area contributed by atoms with E-state index in [0.29, 0.717) is 17.0 Å². The lowest BCUT2D eigenvalue weighted by molar-refractivity contribution is -0.141. The molecule has 1 aliphatic rings. The SMILES string of the molecule is COC1CC(C(=O)O)N(C(=O)c2cc(C)n(-c3cccc(Cl)c3)c2C)C1. The Morgan fingerprint density at radius 2 is 2.00 bits per heavy atom. The Bertz CT molecular complexity index is 861. The maximum absolute atomic E-state index is 13.1. The van der Waals surface area contributed by atoms with Crippen molar-refractivity contribution in [1.82, 2.24) is 9.47 Å². The van der Waals surface area contributed by atoms with Gasteiger partial charge in [-0.1, -0.05) is 17.7 Å². The van der Waals surface area contributed by atoms with E-state index in [1.54, 1.807) is 12.1 Å². The van der Waals surface area contributed by atoms with Crippen LogP contribution in [0, 0.1) is 13.8 Å². The van der Waals surface area contributed by atoms with Gasteiger partial charge in [-0.2, -0.15) is 0 Å². The third-order valence-corrected chi connectivity index (χ3v) is 5.10. The number of aliphatic carboxylic acids is 1. The summed E-state index contributed by atoms with van der Waals surface area (Å²) >= 11 is 6.09. The minimum atomic E-state index is -1.01. The number of rotatable bonds is 4. The van der Waals surface area contributed by atoms with Crippen molar-refractivity contribution < 1.29 is 19.4 Å². The number of likely N-dealkylation sites (tertiary alicyclic amines) is 1. The smallest absolute Gasteiger partial charge is 0.326 e. The third kappa shape index (κ3) is 3.22. The van der Waals surface area contributed by atoms with Crippen LogP contribution >= 0.6 is 11.6 Å². The number of carbonyl (C=O) groups excluding carboxylic acids is 1. The van der Waals surface area contributed by atoms with E-state index in [0.717, 1.165) is 17.1 Å². The van der Waals surface area contributed by atoms with Gasteiger partial charge in [-0.15, -0.1) is 0 Å². The summed E-state index contributed by atoms with van der Waals surface area (Å²) in [6, 6.07) is 8.29. The number of ether oxygens (including phenoxy) is 1. The van der Waals surface area contributed by atoms with Gasteiger partial charge in [0, 0.05) is 42.2 Å². The van der Waals surface area contributed by atoms with E-state index < -0.39 is 12.0 Å². The van der Waals surface area contributed by atoms with Crippen LogP contribution < -0.4 is 0 Å². The number of halogens is 1. The van der Waals surface area contributed by atoms with Crippen molar-refractivity contribution in [2.24, 2.45) is 0 Å². The molecule has 0 spiro atoms. The molecular formula is C19H21ClN2O4. The molecule has 2 aromatic rings. The number of aryl methyl sites for hydroxylation is 1. The van der Waals surface area contributed by atoms with E-state index >= 15 is 0 Å². The quantitative estimate of drug-likeness (QED) is 0.890. The van der Waals surface area contributed by atoms with Gasteiger partial charge in [-0.05, 0) is 38.1 Å². The normalized spacial score (nSPS) is 19.8. The molecule has 0 aliphatic carbocycles. The number of carbonyl (C=O) groups is 2. The first-order chi connectivity index (χ1) is 12.3. The van der Waals surface area contributed by atoms with Crippen molar-refractivity contribution in [3.05, 3.63) is 52.3 Å². The van der Waals surface area contributed by atoms with Crippen molar-refractivity contribution >= 4 is 23.5 Å². The Labute approximate surface area is 156 Å². The molecule has 1 saturated heterocycles. The molecule has 2 heterocycles. The number of nitrogens with zero attached hydrogens (tertiary/aromatic N) is 2. The van der Waals surface area contributed by atoms with Crippen LogP contribution in [0.1, 0.15) is 28.2 Å². The Balaban J connectivity index is 1.98. The number of carboxylic acid groups (broad SMARTS) is 1. The summed E-state index contributed by atoms with van der Waals surface area (Å²) in [6.45, 7) is 4.02. The zero-order valence-electron chi connectivity index (χ0n) is 14.9. The molecule has 2 atom stereocenters. The van der Waals surface area contributed by atoms with Crippen molar-refractivity contribution in [3.63, 3.8) is 0 Å². The summed E-state index contributed by atoms with van der Waals surface area (Å²) in [4.78, 5) is 26.0. The van der Waals surface area contributed by atoms with Gasteiger partial charge in [-0.25, -0.2) is 4.79 Å². The van der Waals surface area contributed by atoms with Crippen LogP contribution in [0.4, 0.5) is 0 Å². The fourth-order valence-corrected chi connectivity index (χ4v) is 3.76. The largest absolute Gasteiger partial charge is 0.480 e. The second-order valence-electron chi connectivity index (χ2n) is 6.51. The lowest BCUT2D eigenvalue weighted by Gasteiger charge is -2.21. The Hall–Kier alpha value is -2.31. The number of methoxy groups -OCH3 is 1. The van der Waals surface area contributed by atoms with Crippen LogP contribution in [0.3, 0.4) is 0 Å². The summed E-state index contributed by atoms with van der Waals surface area (Å²) in [5, 5.41) is 10.1. The third-order valence-electron chi connectivity index (χ3n) is 4.87. The van der Waals surface area contributed by atoms with Gasteiger partial charge in [0.1, 0.15) is 6.04 Å². The number of aromatic nitrogens is 1. The van der Waals surface area contributed by atoms with Crippen molar-refractivity contribution in [2.75, 3.05) is 13.7 Å². The average Bonchev–Trinajstić information content (AvgIpc) is 3.15. The van der Waals surface area contributed by atoms with Gasteiger partial charge < -0.3 is 19.3 Å². The van der Waals surface area contributed by atoms with Crippen LogP contribution in [0.15, 0.2) is 30.3 Å². The molecule has 1 fully saturated rings. The highest BCUT2D eigenvalue weighted by Gasteiger charge is 2.40. The first-order valence-corrected chi connectivity index (χ1v) is 8.72. The molecule has 1 aliphatic heterocycles. The molecule has 0 saturated carbocycles. The standard InChI is InChI=1S/C19H21ClN2O4/c1-11-7-16(12(2)22(11)14-6-4-5-13(20)8-14)18(23)21-10-15(26-3)9-17(21)19(24)25/h4-8,15,17H,9-10H2,1-3H3,(H,24,25). The molecule has 0 radical (unpaired) electrons. The minimum absolute atomic E-state index is 0.267. The van der Waals surface area contributed by atoms with Crippen molar-refractivity contribution in [3.8, 4) is 5.69 Å². The zero-order chi connectivity index (χ0) is 19.0. The van der Waals surface area contributed by atoms with Gasteiger partial charge in [-0.3, -0.25) is 4.79 Å². The Morgan fingerprint density at radius 1 is 1.27 bits per heavy atom.